The quantitative estimate of drug-likeness (QED) is 0.612. The van der Waals surface area contributed by atoms with Gasteiger partial charge in [-0.2, -0.15) is 4.98 Å². The van der Waals surface area contributed by atoms with E-state index in [-0.39, 0.29) is 11.2 Å². The van der Waals surface area contributed by atoms with Crippen LogP contribution in [0, 0.1) is 12.8 Å². The second-order valence-electron chi connectivity index (χ2n) is 9.00. The van der Waals surface area contributed by atoms with Gasteiger partial charge in [0.05, 0.1) is 13.2 Å². The highest BCUT2D eigenvalue weighted by Crippen LogP contribution is 2.32. The second-order valence-corrected chi connectivity index (χ2v) is 9.00. The van der Waals surface area contributed by atoms with Crippen LogP contribution in [0.4, 0.5) is 11.6 Å². The maximum Gasteiger partial charge on any atom is 0.332 e. The van der Waals surface area contributed by atoms with E-state index in [2.05, 4.69) is 47.9 Å². The predicted octanol–water partition coefficient (Wildman–Crippen LogP) is 1.33. The Morgan fingerprint density at radius 1 is 1.06 bits per heavy atom. The fourth-order valence-corrected chi connectivity index (χ4v) is 4.71. The highest BCUT2D eigenvalue weighted by molar-refractivity contribution is 5.77. The number of nitrogens with zero attached hydrogens (tertiary/aromatic N) is 6. The van der Waals surface area contributed by atoms with Crippen LogP contribution in [0.15, 0.2) is 33.9 Å². The zero-order valence-electron chi connectivity index (χ0n) is 19.0. The molecule has 2 aromatic heterocycles. The van der Waals surface area contributed by atoms with Gasteiger partial charge in [-0.15, -0.1) is 0 Å². The zero-order valence-corrected chi connectivity index (χ0v) is 19.0. The third-order valence-electron chi connectivity index (χ3n) is 6.53. The normalized spacial score (nSPS) is 19.5. The second kappa shape index (κ2) is 8.22. The highest BCUT2D eigenvalue weighted by atomic mass is 16.5. The Kier molecular flexibility index (Phi) is 5.38. The number of aryl methyl sites for hydroxylation is 2. The van der Waals surface area contributed by atoms with E-state index in [1.165, 1.54) is 14.7 Å². The van der Waals surface area contributed by atoms with E-state index in [0.717, 1.165) is 31.3 Å². The summed E-state index contributed by atoms with van der Waals surface area (Å²) in [5, 5.41) is 0. The Morgan fingerprint density at radius 2 is 1.78 bits per heavy atom. The third kappa shape index (κ3) is 3.55. The van der Waals surface area contributed by atoms with Crippen molar-refractivity contribution in [2.75, 3.05) is 44.3 Å². The van der Waals surface area contributed by atoms with Crippen LogP contribution in [0.1, 0.15) is 12.5 Å². The minimum Gasteiger partial charge on any atom is -0.379 e. The molecule has 4 heterocycles. The van der Waals surface area contributed by atoms with Crippen LogP contribution >= 0.6 is 0 Å². The molecule has 0 aliphatic carbocycles. The van der Waals surface area contributed by atoms with Crippen LogP contribution in [0.5, 0.6) is 0 Å². The summed E-state index contributed by atoms with van der Waals surface area (Å²) < 4.78 is 10.3. The predicted molar refractivity (Wildman–Crippen MR) is 124 cm³/mol. The van der Waals surface area contributed by atoms with Crippen LogP contribution < -0.4 is 16.1 Å². The summed E-state index contributed by atoms with van der Waals surface area (Å²) in [4.78, 5) is 35.8. The van der Waals surface area contributed by atoms with E-state index < -0.39 is 0 Å². The molecule has 2 aliphatic rings. The molecule has 2 aliphatic heterocycles. The largest absolute Gasteiger partial charge is 0.379 e. The highest BCUT2D eigenvalue weighted by Gasteiger charge is 2.29. The summed E-state index contributed by atoms with van der Waals surface area (Å²) in [6.45, 7) is 9.78. The lowest BCUT2D eigenvalue weighted by Crippen LogP contribution is -2.44. The van der Waals surface area contributed by atoms with Crippen molar-refractivity contribution in [1.82, 2.24) is 23.6 Å². The molecule has 5 rings (SSSR count). The molecule has 9 nitrogen and oxygen atoms in total. The first kappa shape index (κ1) is 21.0. The van der Waals surface area contributed by atoms with Crippen molar-refractivity contribution < 1.29 is 4.74 Å². The molecule has 170 valence electrons. The third-order valence-corrected chi connectivity index (χ3v) is 6.53. The number of aromatic nitrogens is 4. The van der Waals surface area contributed by atoms with E-state index in [0.29, 0.717) is 49.9 Å². The number of hydrogen-bond acceptors (Lipinski definition) is 6. The van der Waals surface area contributed by atoms with Crippen LogP contribution in [0.2, 0.25) is 0 Å². The van der Waals surface area contributed by atoms with Gasteiger partial charge in [0.2, 0.25) is 5.95 Å². The smallest absolute Gasteiger partial charge is 0.332 e. The summed E-state index contributed by atoms with van der Waals surface area (Å²) in [6.07, 6.45) is 0. The van der Waals surface area contributed by atoms with Crippen molar-refractivity contribution in [3.8, 4) is 0 Å². The fraction of sp³-hybridized carbons (Fsp3) is 0.522. The minimum atomic E-state index is -0.318. The number of benzene rings is 1. The molecule has 1 aromatic carbocycles. The summed E-state index contributed by atoms with van der Waals surface area (Å²) in [6, 6.07) is 8.32. The number of imidazole rings is 1. The van der Waals surface area contributed by atoms with Gasteiger partial charge in [-0.05, 0) is 25.0 Å². The Hall–Kier alpha value is -2.91. The summed E-state index contributed by atoms with van der Waals surface area (Å²) in [5.41, 5.74) is 2.61. The Labute approximate surface area is 186 Å². The molecule has 9 heteroatoms. The first-order valence-corrected chi connectivity index (χ1v) is 11.3. The van der Waals surface area contributed by atoms with Gasteiger partial charge < -0.3 is 14.2 Å². The molecule has 0 amide bonds. The van der Waals surface area contributed by atoms with Gasteiger partial charge in [0.1, 0.15) is 0 Å². The molecule has 0 spiro atoms. The lowest BCUT2D eigenvalue weighted by Gasteiger charge is -2.33. The van der Waals surface area contributed by atoms with Crippen LogP contribution in [-0.2, 0) is 24.9 Å². The Bertz CT molecular complexity index is 1250. The molecule has 0 bridgehead atoms. The molecular weight excluding hydrogens is 408 g/mol. The number of ether oxygens (including phenoxy) is 1. The molecular formula is C23H30N6O3. The number of hydrogen-bond donors (Lipinski definition) is 0. The summed E-state index contributed by atoms with van der Waals surface area (Å²) >= 11 is 0. The first-order valence-electron chi connectivity index (χ1n) is 11.3. The van der Waals surface area contributed by atoms with Crippen molar-refractivity contribution in [1.29, 1.82) is 0 Å². The van der Waals surface area contributed by atoms with Gasteiger partial charge in [-0.25, -0.2) is 4.79 Å². The monoisotopic (exact) mass is 438 g/mol. The van der Waals surface area contributed by atoms with Crippen molar-refractivity contribution in [3.63, 3.8) is 0 Å². The van der Waals surface area contributed by atoms with E-state index in [1.54, 1.807) is 7.05 Å². The number of morpholine rings is 1. The van der Waals surface area contributed by atoms with Crippen molar-refractivity contribution >= 4 is 22.8 Å². The molecule has 0 N–H and O–H groups in total. The standard InChI is InChI=1S/C23H30N6O3/c1-16-4-6-18(7-5-16)28-14-17(2)15-29-19-20(24-22(28)29)25(3)23(31)27(21(19)30)9-8-26-10-12-32-13-11-26/h4-7,17H,8-15H2,1-3H3. The first-order chi connectivity index (χ1) is 15.4. The minimum absolute atomic E-state index is 0.256. The van der Waals surface area contributed by atoms with Crippen LogP contribution in [-0.4, -0.2) is 63.0 Å². The Morgan fingerprint density at radius 3 is 2.50 bits per heavy atom. The lowest BCUT2D eigenvalue weighted by molar-refractivity contribution is 0.0361. The fourth-order valence-electron chi connectivity index (χ4n) is 4.71. The molecule has 1 unspecified atom stereocenters. The van der Waals surface area contributed by atoms with E-state index in [9.17, 15) is 9.59 Å². The van der Waals surface area contributed by atoms with Gasteiger partial charge in [0, 0.05) is 52.0 Å². The van der Waals surface area contributed by atoms with Gasteiger partial charge in [0.25, 0.3) is 5.56 Å². The van der Waals surface area contributed by atoms with E-state index >= 15 is 0 Å². The maximum absolute atomic E-state index is 13.5. The number of rotatable bonds is 4. The van der Waals surface area contributed by atoms with Crippen molar-refractivity contribution in [2.24, 2.45) is 13.0 Å². The average Bonchev–Trinajstić information content (AvgIpc) is 3.18. The molecule has 0 saturated carbocycles. The molecule has 1 atom stereocenters. The SMILES string of the molecule is Cc1ccc(N2CC(C)Cn3c2nc2c3c(=O)n(CCN3CCOCC3)c(=O)n2C)cc1. The van der Waals surface area contributed by atoms with E-state index in [1.807, 2.05) is 4.57 Å². The lowest BCUT2D eigenvalue weighted by atomic mass is 10.1. The molecule has 1 fully saturated rings. The van der Waals surface area contributed by atoms with E-state index in [4.69, 9.17) is 9.72 Å². The maximum atomic E-state index is 13.5. The molecule has 0 radical (unpaired) electrons. The Balaban J connectivity index is 1.60. The van der Waals surface area contributed by atoms with Gasteiger partial charge >= 0.3 is 5.69 Å². The molecule has 3 aromatic rings. The summed E-state index contributed by atoms with van der Waals surface area (Å²) in [5.74, 6) is 1.06. The van der Waals surface area contributed by atoms with Crippen LogP contribution in [0.3, 0.4) is 0 Å². The summed E-state index contributed by atoms with van der Waals surface area (Å²) in [7, 11) is 1.70. The van der Waals surface area contributed by atoms with Gasteiger partial charge in [-0.3, -0.25) is 18.8 Å². The average molecular weight is 439 g/mol. The molecule has 1 saturated heterocycles. The topological polar surface area (TPSA) is 77.5 Å². The number of anilines is 2. The van der Waals surface area contributed by atoms with Gasteiger partial charge in [-0.1, -0.05) is 24.6 Å². The van der Waals surface area contributed by atoms with Crippen molar-refractivity contribution in [2.45, 2.75) is 26.9 Å². The zero-order chi connectivity index (χ0) is 22.4. The number of fused-ring (bicyclic) bond motifs is 3. The van der Waals surface area contributed by atoms with Gasteiger partial charge in [0.15, 0.2) is 11.2 Å². The van der Waals surface area contributed by atoms with Crippen LogP contribution in [0.25, 0.3) is 11.2 Å². The van der Waals surface area contributed by atoms with Crippen molar-refractivity contribution in [3.05, 3.63) is 50.7 Å². The molecule has 32 heavy (non-hydrogen) atoms.